The van der Waals surface area contributed by atoms with Gasteiger partial charge in [-0.2, -0.15) is 5.06 Å². The number of ether oxygens (including phenoxy) is 1. The van der Waals surface area contributed by atoms with Crippen molar-refractivity contribution in [3.05, 3.63) is 29.8 Å². The molecule has 0 radical (unpaired) electrons. The Morgan fingerprint density at radius 1 is 1.31 bits per heavy atom. The van der Waals surface area contributed by atoms with Gasteiger partial charge in [0.05, 0.1) is 7.11 Å². The molecule has 1 aliphatic rings. The lowest BCUT2D eigenvalue weighted by Gasteiger charge is -2.34. The first-order valence-electron chi connectivity index (χ1n) is 4.37. The van der Waals surface area contributed by atoms with E-state index in [0.29, 0.717) is 5.92 Å². The van der Waals surface area contributed by atoms with Crippen molar-refractivity contribution >= 4 is 0 Å². The van der Waals surface area contributed by atoms with Crippen LogP contribution in [0.15, 0.2) is 24.3 Å². The summed E-state index contributed by atoms with van der Waals surface area (Å²) < 4.78 is 5.06. The predicted molar refractivity (Wildman–Crippen MR) is 49.1 cm³/mol. The van der Waals surface area contributed by atoms with Crippen LogP contribution in [0.5, 0.6) is 5.75 Å². The zero-order chi connectivity index (χ0) is 9.26. The Balaban J connectivity index is 2.06. The second kappa shape index (κ2) is 3.36. The van der Waals surface area contributed by atoms with Gasteiger partial charge in [-0.15, -0.1) is 0 Å². The Morgan fingerprint density at radius 3 is 2.38 bits per heavy atom. The molecule has 1 fully saturated rings. The van der Waals surface area contributed by atoms with Crippen LogP contribution in [0.1, 0.15) is 11.5 Å². The van der Waals surface area contributed by atoms with E-state index in [1.807, 2.05) is 12.1 Å². The summed E-state index contributed by atoms with van der Waals surface area (Å²) in [6.45, 7) is 1.48. The van der Waals surface area contributed by atoms with Crippen LogP contribution in [-0.2, 0) is 0 Å². The lowest BCUT2D eigenvalue weighted by atomic mass is 9.93. The SMILES string of the molecule is COc1ccc(C2CN(O)C2)cc1. The molecule has 70 valence electrons. The Hall–Kier alpha value is -1.06. The highest BCUT2D eigenvalue weighted by atomic mass is 16.5. The number of hydrogen-bond donors (Lipinski definition) is 1. The summed E-state index contributed by atoms with van der Waals surface area (Å²) in [5.74, 6) is 1.36. The van der Waals surface area contributed by atoms with Crippen molar-refractivity contribution in [3.63, 3.8) is 0 Å². The summed E-state index contributed by atoms with van der Waals surface area (Å²) in [6.07, 6.45) is 0. The summed E-state index contributed by atoms with van der Waals surface area (Å²) in [5, 5.41) is 10.3. The van der Waals surface area contributed by atoms with Gasteiger partial charge in [0, 0.05) is 19.0 Å². The smallest absolute Gasteiger partial charge is 0.118 e. The number of nitrogens with zero attached hydrogens (tertiary/aromatic N) is 1. The summed E-state index contributed by atoms with van der Waals surface area (Å²) >= 11 is 0. The van der Waals surface area contributed by atoms with Crippen molar-refractivity contribution in [2.24, 2.45) is 0 Å². The fourth-order valence-electron chi connectivity index (χ4n) is 1.54. The Kier molecular flexibility index (Phi) is 2.20. The monoisotopic (exact) mass is 179 g/mol. The highest BCUT2D eigenvalue weighted by Gasteiger charge is 2.26. The first kappa shape index (κ1) is 8.53. The molecule has 0 amide bonds. The van der Waals surface area contributed by atoms with Crippen molar-refractivity contribution < 1.29 is 9.94 Å². The van der Waals surface area contributed by atoms with Gasteiger partial charge in [-0.25, -0.2) is 0 Å². The normalized spacial score (nSPS) is 18.3. The summed E-state index contributed by atoms with van der Waals surface area (Å²) in [7, 11) is 1.66. The van der Waals surface area contributed by atoms with Crippen LogP contribution in [0.25, 0.3) is 0 Å². The number of hydrogen-bond acceptors (Lipinski definition) is 3. The molecule has 3 heteroatoms. The molecule has 1 aromatic carbocycles. The zero-order valence-corrected chi connectivity index (χ0v) is 7.60. The maximum Gasteiger partial charge on any atom is 0.118 e. The third kappa shape index (κ3) is 1.66. The second-order valence-corrected chi connectivity index (χ2v) is 3.34. The fraction of sp³-hybridized carbons (Fsp3) is 0.400. The average molecular weight is 179 g/mol. The Bertz CT molecular complexity index is 277. The van der Waals surface area contributed by atoms with Crippen LogP contribution in [0, 0.1) is 0 Å². The number of benzene rings is 1. The third-order valence-electron chi connectivity index (χ3n) is 2.45. The van der Waals surface area contributed by atoms with Crippen LogP contribution in [0.3, 0.4) is 0 Å². The number of methoxy groups -OCH3 is 1. The maximum absolute atomic E-state index is 8.99. The highest BCUT2D eigenvalue weighted by molar-refractivity contribution is 5.30. The van der Waals surface area contributed by atoms with Gasteiger partial charge in [0.1, 0.15) is 5.75 Å². The Labute approximate surface area is 77.5 Å². The summed E-state index contributed by atoms with van der Waals surface area (Å²) in [5.41, 5.74) is 1.27. The zero-order valence-electron chi connectivity index (χ0n) is 7.60. The standard InChI is InChI=1S/C10H13NO2/c1-13-10-4-2-8(3-5-10)9-6-11(12)7-9/h2-5,9,12H,6-7H2,1H3. The van der Waals surface area contributed by atoms with E-state index >= 15 is 0 Å². The van der Waals surface area contributed by atoms with Gasteiger partial charge >= 0.3 is 0 Å². The van der Waals surface area contributed by atoms with Crippen molar-refractivity contribution in [1.29, 1.82) is 0 Å². The van der Waals surface area contributed by atoms with Crippen LogP contribution >= 0.6 is 0 Å². The van der Waals surface area contributed by atoms with Crippen LogP contribution in [-0.4, -0.2) is 30.5 Å². The molecule has 1 saturated heterocycles. The Morgan fingerprint density at radius 2 is 1.92 bits per heavy atom. The molecule has 0 aliphatic carbocycles. The molecule has 13 heavy (non-hydrogen) atoms. The lowest BCUT2D eigenvalue weighted by molar-refractivity contribution is -0.149. The largest absolute Gasteiger partial charge is 0.497 e. The minimum Gasteiger partial charge on any atom is -0.497 e. The van der Waals surface area contributed by atoms with E-state index in [2.05, 4.69) is 12.1 Å². The van der Waals surface area contributed by atoms with Gasteiger partial charge in [-0.3, -0.25) is 0 Å². The maximum atomic E-state index is 8.99. The van der Waals surface area contributed by atoms with Gasteiger partial charge in [-0.05, 0) is 17.7 Å². The van der Waals surface area contributed by atoms with Gasteiger partial charge in [0.15, 0.2) is 0 Å². The van der Waals surface area contributed by atoms with E-state index in [9.17, 15) is 0 Å². The minimum atomic E-state index is 0.482. The topological polar surface area (TPSA) is 32.7 Å². The van der Waals surface area contributed by atoms with Gasteiger partial charge < -0.3 is 9.94 Å². The molecule has 1 N–H and O–H groups in total. The molecule has 2 rings (SSSR count). The van der Waals surface area contributed by atoms with E-state index in [-0.39, 0.29) is 0 Å². The van der Waals surface area contributed by atoms with E-state index in [1.165, 1.54) is 10.6 Å². The molecule has 0 aromatic heterocycles. The van der Waals surface area contributed by atoms with E-state index < -0.39 is 0 Å². The highest BCUT2D eigenvalue weighted by Crippen LogP contribution is 2.26. The van der Waals surface area contributed by atoms with E-state index in [1.54, 1.807) is 7.11 Å². The quantitative estimate of drug-likeness (QED) is 0.746. The molecular formula is C10H13NO2. The first-order valence-corrected chi connectivity index (χ1v) is 4.37. The van der Waals surface area contributed by atoms with Gasteiger partial charge in [0.2, 0.25) is 0 Å². The molecule has 1 aliphatic heterocycles. The fourth-order valence-corrected chi connectivity index (χ4v) is 1.54. The van der Waals surface area contributed by atoms with Crippen molar-refractivity contribution in [2.45, 2.75) is 5.92 Å². The molecule has 0 saturated carbocycles. The molecule has 0 atom stereocenters. The third-order valence-corrected chi connectivity index (χ3v) is 2.45. The van der Waals surface area contributed by atoms with Crippen molar-refractivity contribution in [2.75, 3.05) is 20.2 Å². The average Bonchev–Trinajstić information content (AvgIpc) is 2.13. The van der Waals surface area contributed by atoms with Gasteiger partial charge in [-0.1, -0.05) is 12.1 Å². The predicted octanol–water partition coefficient (Wildman–Crippen LogP) is 1.48. The molecule has 0 spiro atoms. The molecule has 1 aromatic rings. The molecule has 0 unspecified atom stereocenters. The lowest BCUT2D eigenvalue weighted by Crippen LogP contribution is -2.42. The minimum absolute atomic E-state index is 0.482. The van der Waals surface area contributed by atoms with Crippen LogP contribution in [0.4, 0.5) is 0 Å². The molecular weight excluding hydrogens is 166 g/mol. The van der Waals surface area contributed by atoms with Crippen molar-refractivity contribution in [3.8, 4) is 5.75 Å². The summed E-state index contributed by atoms with van der Waals surface area (Å²) in [4.78, 5) is 0. The van der Waals surface area contributed by atoms with E-state index in [0.717, 1.165) is 18.8 Å². The molecule has 0 bridgehead atoms. The van der Waals surface area contributed by atoms with E-state index in [4.69, 9.17) is 9.94 Å². The van der Waals surface area contributed by atoms with Crippen molar-refractivity contribution in [1.82, 2.24) is 5.06 Å². The van der Waals surface area contributed by atoms with Crippen LogP contribution < -0.4 is 4.74 Å². The summed E-state index contributed by atoms with van der Waals surface area (Å²) in [6, 6.07) is 8.01. The van der Waals surface area contributed by atoms with Crippen LogP contribution in [0.2, 0.25) is 0 Å². The second-order valence-electron chi connectivity index (χ2n) is 3.34. The number of hydroxylamine groups is 2. The molecule has 1 heterocycles. The first-order chi connectivity index (χ1) is 6.29. The van der Waals surface area contributed by atoms with Gasteiger partial charge in [0.25, 0.3) is 0 Å². The molecule has 3 nitrogen and oxygen atoms in total. The number of rotatable bonds is 2.